The molecule has 1 aliphatic rings. The Kier molecular flexibility index (Phi) is 3.24. The van der Waals surface area contributed by atoms with Gasteiger partial charge in [-0.3, -0.25) is 9.89 Å². The second-order valence-electron chi connectivity index (χ2n) is 4.09. The number of anilines is 1. The molecule has 0 aliphatic carbocycles. The highest BCUT2D eigenvalue weighted by Crippen LogP contribution is 2.21. The van der Waals surface area contributed by atoms with Crippen LogP contribution >= 0.6 is 0 Å². The van der Waals surface area contributed by atoms with Crippen LogP contribution in [-0.4, -0.2) is 28.8 Å². The quantitative estimate of drug-likeness (QED) is 0.812. The van der Waals surface area contributed by atoms with Gasteiger partial charge in [0.15, 0.2) is 5.82 Å². The SMILES string of the molecule is CCc1cc(NC(=O)C2CCOC2C)n[nH]1. The summed E-state index contributed by atoms with van der Waals surface area (Å²) in [7, 11) is 0. The van der Waals surface area contributed by atoms with E-state index in [0.29, 0.717) is 12.4 Å². The smallest absolute Gasteiger partial charge is 0.231 e. The standard InChI is InChI=1S/C11H17N3O2/c1-3-8-6-10(14-13-8)12-11(15)9-4-5-16-7(9)2/h6-7,9H,3-5H2,1-2H3,(H2,12,13,14,15). The van der Waals surface area contributed by atoms with Crippen molar-refractivity contribution < 1.29 is 9.53 Å². The Hall–Kier alpha value is -1.36. The van der Waals surface area contributed by atoms with Crippen LogP contribution in [-0.2, 0) is 16.0 Å². The molecule has 5 nitrogen and oxygen atoms in total. The van der Waals surface area contributed by atoms with Gasteiger partial charge in [0.2, 0.25) is 5.91 Å². The first-order valence-corrected chi connectivity index (χ1v) is 5.67. The van der Waals surface area contributed by atoms with Crippen molar-refractivity contribution in [2.75, 3.05) is 11.9 Å². The van der Waals surface area contributed by atoms with E-state index >= 15 is 0 Å². The molecule has 1 aromatic rings. The van der Waals surface area contributed by atoms with Gasteiger partial charge < -0.3 is 10.1 Å². The van der Waals surface area contributed by atoms with Crippen molar-refractivity contribution in [3.63, 3.8) is 0 Å². The number of amides is 1. The molecule has 0 bridgehead atoms. The van der Waals surface area contributed by atoms with Crippen molar-refractivity contribution >= 4 is 11.7 Å². The van der Waals surface area contributed by atoms with Crippen LogP contribution in [0.25, 0.3) is 0 Å². The van der Waals surface area contributed by atoms with Crippen molar-refractivity contribution in [2.24, 2.45) is 5.92 Å². The molecule has 1 aliphatic heterocycles. The topological polar surface area (TPSA) is 67.0 Å². The Morgan fingerprint density at radius 1 is 1.75 bits per heavy atom. The Morgan fingerprint density at radius 3 is 3.12 bits per heavy atom. The van der Waals surface area contributed by atoms with Crippen LogP contribution in [0.3, 0.4) is 0 Å². The molecule has 88 valence electrons. The van der Waals surface area contributed by atoms with E-state index < -0.39 is 0 Å². The van der Waals surface area contributed by atoms with Gasteiger partial charge in [-0.15, -0.1) is 0 Å². The van der Waals surface area contributed by atoms with E-state index in [1.54, 1.807) is 0 Å². The van der Waals surface area contributed by atoms with Crippen LogP contribution in [0.5, 0.6) is 0 Å². The largest absolute Gasteiger partial charge is 0.378 e. The third kappa shape index (κ3) is 2.24. The molecule has 0 spiro atoms. The molecular formula is C11H17N3O2. The molecule has 1 fully saturated rings. The van der Waals surface area contributed by atoms with Gasteiger partial charge in [-0.2, -0.15) is 5.10 Å². The van der Waals surface area contributed by atoms with Gasteiger partial charge in [-0.25, -0.2) is 0 Å². The minimum atomic E-state index is -0.0539. The predicted molar refractivity (Wildman–Crippen MR) is 60.1 cm³/mol. The first kappa shape index (κ1) is 11.1. The zero-order chi connectivity index (χ0) is 11.5. The number of aromatic amines is 1. The number of nitrogens with zero attached hydrogens (tertiary/aromatic N) is 1. The van der Waals surface area contributed by atoms with Gasteiger partial charge >= 0.3 is 0 Å². The number of carbonyl (C=O) groups is 1. The number of H-pyrrole nitrogens is 1. The number of carbonyl (C=O) groups excluding carboxylic acids is 1. The minimum absolute atomic E-state index is 0.000784. The number of ether oxygens (including phenoxy) is 1. The predicted octanol–water partition coefficient (Wildman–Crippen LogP) is 1.34. The van der Waals surface area contributed by atoms with E-state index in [9.17, 15) is 4.79 Å². The number of aryl methyl sites for hydroxylation is 1. The van der Waals surface area contributed by atoms with Crippen molar-refractivity contribution in [3.05, 3.63) is 11.8 Å². The van der Waals surface area contributed by atoms with Gasteiger partial charge in [-0.05, 0) is 19.8 Å². The van der Waals surface area contributed by atoms with Gasteiger partial charge in [0.05, 0.1) is 12.0 Å². The van der Waals surface area contributed by atoms with Crippen LogP contribution in [0.1, 0.15) is 26.0 Å². The van der Waals surface area contributed by atoms with Crippen LogP contribution in [0, 0.1) is 5.92 Å². The fourth-order valence-electron chi connectivity index (χ4n) is 1.90. The summed E-state index contributed by atoms with van der Waals surface area (Å²) in [5.74, 6) is 0.543. The molecule has 0 radical (unpaired) electrons. The van der Waals surface area contributed by atoms with Crippen LogP contribution in [0.15, 0.2) is 6.07 Å². The summed E-state index contributed by atoms with van der Waals surface area (Å²) in [6, 6.07) is 1.86. The highest BCUT2D eigenvalue weighted by Gasteiger charge is 2.30. The number of aromatic nitrogens is 2. The molecule has 0 aromatic carbocycles. The van der Waals surface area contributed by atoms with E-state index in [4.69, 9.17) is 4.74 Å². The maximum absolute atomic E-state index is 11.9. The molecule has 2 heterocycles. The Bertz CT molecular complexity index is 375. The third-order valence-corrected chi connectivity index (χ3v) is 2.98. The van der Waals surface area contributed by atoms with Gasteiger partial charge in [-0.1, -0.05) is 6.92 Å². The van der Waals surface area contributed by atoms with Crippen molar-refractivity contribution in [1.82, 2.24) is 10.2 Å². The molecular weight excluding hydrogens is 206 g/mol. The fourth-order valence-corrected chi connectivity index (χ4v) is 1.90. The second-order valence-corrected chi connectivity index (χ2v) is 4.09. The van der Waals surface area contributed by atoms with E-state index in [1.165, 1.54) is 0 Å². The van der Waals surface area contributed by atoms with Gasteiger partial charge in [0.1, 0.15) is 0 Å². The summed E-state index contributed by atoms with van der Waals surface area (Å²) in [6.45, 7) is 4.63. The van der Waals surface area contributed by atoms with Crippen molar-refractivity contribution in [1.29, 1.82) is 0 Å². The highest BCUT2D eigenvalue weighted by atomic mass is 16.5. The number of hydrogen-bond acceptors (Lipinski definition) is 3. The second kappa shape index (κ2) is 4.65. The van der Waals surface area contributed by atoms with Crippen LogP contribution in [0.2, 0.25) is 0 Å². The first-order chi connectivity index (χ1) is 7.70. The van der Waals surface area contributed by atoms with E-state index in [2.05, 4.69) is 15.5 Å². The summed E-state index contributed by atoms with van der Waals surface area (Å²) >= 11 is 0. The van der Waals surface area contributed by atoms with Gasteiger partial charge in [0.25, 0.3) is 0 Å². The van der Waals surface area contributed by atoms with Gasteiger partial charge in [0, 0.05) is 18.4 Å². The normalized spacial score (nSPS) is 24.6. The summed E-state index contributed by atoms with van der Waals surface area (Å²) in [5.41, 5.74) is 1.02. The number of hydrogen-bond donors (Lipinski definition) is 2. The Balaban J connectivity index is 1.96. The number of rotatable bonds is 3. The molecule has 2 unspecified atom stereocenters. The number of nitrogens with one attached hydrogen (secondary N) is 2. The molecule has 1 saturated heterocycles. The average molecular weight is 223 g/mol. The van der Waals surface area contributed by atoms with Crippen LogP contribution < -0.4 is 5.32 Å². The summed E-state index contributed by atoms with van der Waals surface area (Å²) in [4.78, 5) is 11.9. The zero-order valence-electron chi connectivity index (χ0n) is 9.62. The van der Waals surface area contributed by atoms with E-state index in [-0.39, 0.29) is 17.9 Å². The van der Waals surface area contributed by atoms with Crippen molar-refractivity contribution in [3.8, 4) is 0 Å². The molecule has 2 rings (SSSR count). The molecule has 2 atom stereocenters. The van der Waals surface area contributed by atoms with Crippen molar-refractivity contribution in [2.45, 2.75) is 32.8 Å². The summed E-state index contributed by atoms with van der Waals surface area (Å²) < 4.78 is 5.36. The lowest BCUT2D eigenvalue weighted by Crippen LogP contribution is -2.27. The lowest BCUT2D eigenvalue weighted by atomic mass is 10.0. The molecule has 0 saturated carbocycles. The average Bonchev–Trinajstić information content (AvgIpc) is 2.86. The van der Waals surface area contributed by atoms with E-state index in [0.717, 1.165) is 18.5 Å². The third-order valence-electron chi connectivity index (χ3n) is 2.98. The fraction of sp³-hybridized carbons (Fsp3) is 0.636. The molecule has 5 heteroatoms. The summed E-state index contributed by atoms with van der Waals surface area (Å²) in [6.07, 6.45) is 1.67. The first-order valence-electron chi connectivity index (χ1n) is 5.67. The molecule has 2 N–H and O–H groups in total. The van der Waals surface area contributed by atoms with Crippen LogP contribution in [0.4, 0.5) is 5.82 Å². The zero-order valence-corrected chi connectivity index (χ0v) is 9.62. The minimum Gasteiger partial charge on any atom is -0.378 e. The monoisotopic (exact) mass is 223 g/mol. The lowest BCUT2D eigenvalue weighted by molar-refractivity contribution is -0.121. The molecule has 1 aromatic heterocycles. The van der Waals surface area contributed by atoms with E-state index in [1.807, 2.05) is 19.9 Å². The maximum Gasteiger partial charge on any atom is 0.231 e. The Labute approximate surface area is 94.6 Å². The molecule has 16 heavy (non-hydrogen) atoms. The lowest BCUT2D eigenvalue weighted by Gasteiger charge is -2.12. The Morgan fingerprint density at radius 2 is 2.56 bits per heavy atom. The summed E-state index contributed by atoms with van der Waals surface area (Å²) in [5, 5.41) is 9.70. The molecule has 1 amide bonds. The highest BCUT2D eigenvalue weighted by molar-refractivity contribution is 5.92. The maximum atomic E-state index is 11.9.